The second-order valence-electron chi connectivity index (χ2n) is 4.32. The molecule has 0 aromatic heterocycles. The summed E-state index contributed by atoms with van der Waals surface area (Å²) in [5, 5.41) is 0. The van der Waals surface area contributed by atoms with Crippen molar-refractivity contribution in [3.8, 4) is 0 Å². The molecule has 1 atom stereocenters. The van der Waals surface area contributed by atoms with Crippen LogP contribution >= 0.6 is 15.9 Å². The number of hydrogen-bond donors (Lipinski definition) is 0. The molecule has 0 N–H and O–H groups in total. The first-order chi connectivity index (χ1) is 9.06. The van der Waals surface area contributed by atoms with Crippen LogP contribution in [-0.2, 0) is 9.53 Å². The van der Waals surface area contributed by atoms with E-state index in [1.54, 1.807) is 31.2 Å². The molecule has 0 saturated heterocycles. The highest BCUT2D eigenvalue weighted by molar-refractivity contribution is 9.10. The predicted octanol–water partition coefficient (Wildman–Crippen LogP) is 3.76. The van der Waals surface area contributed by atoms with Crippen molar-refractivity contribution >= 4 is 27.7 Å². The van der Waals surface area contributed by atoms with Crippen molar-refractivity contribution < 1.29 is 14.3 Å². The lowest BCUT2D eigenvalue weighted by atomic mass is 9.92. The maximum Gasteiger partial charge on any atom is 0.330 e. The molecule has 4 heteroatoms. The minimum atomic E-state index is -1.26. The summed E-state index contributed by atoms with van der Waals surface area (Å²) in [5.41, 5.74) is 0.517. The molecule has 0 radical (unpaired) electrons. The summed E-state index contributed by atoms with van der Waals surface area (Å²) in [6.07, 6.45) is 2.13. The van der Waals surface area contributed by atoms with Gasteiger partial charge in [-0.1, -0.05) is 66.0 Å². The number of benzene rings is 1. The Kier molecular flexibility index (Phi) is 6.22. The molecule has 0 fully saturated rings. The van der Waals surface area contributed by atoms with Crippen molar-refractivity contribution in [1.82, 2.24) is 0 Å². The van der Waals surface area contributed by atoms with Crippen molar-refractivity contribution in [3.05, 3.63) is 35.9 Å². The zero-order chi connectivity index (χ0) is 14.3. The highest BCUT2D eigenvalue weighted by Gasteiger charge is 2.44. The minimum absolute atomic E-state index is 0.236. The Bertz CT molecular complexity index is 430. The molecule has 1 aromatic carbocycles. The molecule has 0 spiro atoms. The van der Waals surface area contributed by atoms with Gasteiger partial charge in [0.05, 0.1) is 6.61 Å². The second kappa shape index (κ2) is 7.43. The average Bonchev–Trinajstić information content (AvgIpc) is 2.45. The highest BCUT2D eigenvalue weighted by Crippen LogP contribution is 2.31. The van der Waals surface area contributed by atoms with Crippen molar-refractivity contribution in [2.75, 3.05) is 6.61 Å². The summed E-state index contributed by atoms with van der Waals surface area (Å²) in [5.74, 6) is -0.739. The Hall–Kier alpha value is -1.16. The monoisotopic (exact) mass is 326 g/mol. The van der Waals surface area contributed by atoms with Crippen molar-refractivity contribution in [1.29, 1.82) is 0 Å². The van der Waals surface area contributed by atoms with E-state index in [-0.39, 0.29) is 12.4 Å². The van der Waals surface area contributed by atoms with E-state index in [0.29, 0.717) is 12.0 Å². The fourth-order valence-electron chi connectivity index (χ4n) is 1.79. The van der Waals surface area contributed by atoms with Crippen LogP contribution in [0.4, 0.5) is 0 Å². The molecule has 1 unspecified atom stereocenters. The van der Waals surface area contributed by atoms with Gasteiger partial charge in [-0.2, -0.15) is 0 Å². The molecule has 3 nitrogen and oxygen atoms in total. The molecule has 0 aliphatic carbocycles. The molecule has 1 rings (SSSR count). The molecular formula is C15H19BrO3. The first-order valence-corrected chi connectivity index (χ1v) is 7.31. The Morgan fingerprint density at radius 2 is 1.84 bits per heavy atom. The number of unbranched alkanes of at least 4 members (excludes halogenated alkanes) is 1. The van der Waals surface area contributed by atoms with Gasteiger partial charge in [-0.25, -0.2) is 0 Å². The summed E-state index contributed by atoms with van der Waals surface area (Å²) in [7, 11) is 0. The van der Waals surface area contributed by atoms with E-state index in [2.05, 4.69) is 15.9 Å². The van der Waals surface area contributed by atoms with Crippen LogP contribution in [0.25, 0.3) is 0 Å². The zero-order valence-electron chi connectivity index (χ0n) is 11.3. The standard InChI is InChI=1S/C15H19BrO3/c1-3-5-11-15(16,14(18)19-4-2)13(17)12-9-7-6-8-10-12/h6-10H,3-5,11H2,1-2H3. The van der Waals surface area contributed by atoms with Gasteiger partial charge in [0.15, 0.2) is 10.1 Å². The average molecular weight is 327 g/mol. The van der Waals surface area contributed by atoms with Gasteiger partial charge < -0.3 is 4.74 Å². The quantitative estimate of drug-likeness (QED) is 0.331. The number of carbonyl (C=O) groups excluding carboxylic acids is 2. The van der Waals surface area contributed by atoms with E-state index >= 15 is 0 Å². The van der Waals surface area contributed by atoms with Crippen LogP contribution in [-0.4, -0.2) is 22.7 Å². The van der Waals surface area contributed by atoms with Gasteiger partial charge >= 0.3 is 5.97 Å². The molecule has 0 saturated carbocycles. The summed E-state index contributed by atoms with van der Waals surface area (Å²) < 4.78 is 3.78. The minimum Gasteiger partial charge on any atom is -0.465 e. The number of hydrogen-bond acceptors (Lipinski definition) is 3. The van der Waals surface area contributed by atoms with Crippen LogP contribution < -0.4 is 0 Å². The van der Waals surface area contributed by atoms with E-state index in [4.69, 9.17) is 4.74 Å². The van der Waals surface area contributed by atoms with Gasteiger partial charge in [0.25, 0.3) is 0 Å². The van der Waals surface area contributed by atoms with Crippen LogP contribution in [0, 0.1) is 0 Å². The van der Waals surface area contributed by atoms with Gasteiger partial charge in [-0.15, -0.1) is 0 Å². The van der Waals surface area contributed by atoms with Crippen LogP contribution in [0.1, 0.15) is 43.5 Å². The molecule has 0 amide bonds. The summed E-state index contributed by atoms with van der Waals surface area (Å²) in [6.45, 7) is 4.02. The van der Waals surface area contributed by atoms with Gasteiger partial charge in [0.2, 0.25) is 0 Å². The first-order valence-electron chi connectivity index (χ1n) is 6.52. The molecule has 0 bridgehead atoms. The van der Waals surface area contributed by atoms with Crippen molar-refractivity contribution in [2.45, 2.75) is 37.4 Å². The van der Waals surface area contributed by atoms with E-state index < -0.39 is 10.3 Å². The van der Waals surface area contributed by atoms with E-state index in [1.165, 1.54) is 0 Å². The summed E-state index contributed by atoms with van der Waals surface area (Å²) in [6, 6.07) is 8.83. The number of ether oxygens (including phenoxy) is 1. The fourth-order valence-corrected chi connectivity index (χ4v) is 2.42. The maximum absolute atomic E-state index is 12.5. The van der Waals surface area contributed by atoms with Crippen LogP contribution in [0.15, 0.2) is 30.3 Å². The van der Waals surface area contributed by atoms with Crippen LogP contribution in [0.5, 0.6) is 0 Å². The maximum atomic E-state index is 12.5. The third kappa shape index (κ3) is 3.90. The predicted molar refractivity (Wildman–Crippen MR) is 78.6 cm³/mol. The first kappa shape index (κ1) is 15.9. The summed E-state index contributed by atoms with van der Waals surface area (Å²) >= 11 is 3.33. The smallest absolute Gasteiger partial charge is 0.330 e. The summed E-state index contributed by atoms with van der Waals surface area (Å²) in [4.78, 5) is 24.6. The zero-order valence-corrected chi connectivity index (χ0v) is 12.9. The Morgan fingerprint density at radius 1 is 1.21 bits per heavy atom. The fraction of sp³-hybridized carbons (Fsp3) is 0.467. The number of alkyl halides is 1. The number of ketones is 1. The highest BCUT2D eigenvalue weighted by atomic mass is 79.9. The second-order valence-corrected chi connectivity index (χ2v) is 5.67. The Balaban J connectivity index is 3.02. The molecule has 0 aliphatic rings. The van der Waals surface area contributed by atoms with Gasteiger partial charge in [-0.3, -0.25) is 9.59 Å². The van der Waals surface area contributed by atoms with E-state index in [9.17, 15) is 9.59 Å². The van der Waals surface area contributed by atoms with Crippen LogP contribution in [0.3, 0.4) is 0 Å². The number of rotatable bonds is 7. The van der Waals surface area contributed by atoms with Gasteiger partial charge in [0, 0.05) is 5.56 Å². The Morgan fingerprint density at radius 3 is 2.37 bits per heavy atom. The van der Waals surface area contributed by atoms with Crippen molar-refractivity contribution in [2.24, 2.45) is 0 Å². The largest absolute Gasteiger partial charge is 0.465 e. The van der Waals surface area contributed by atoms with Crippen LogP contribution in [0.2, 0.25) is 0 Å². The van der Waals surface area contributed by atoms with Gasteiger partial charge in [0.1, 0.15) is 0 Å². The Labute approximate surface area is 122 Å². The molecule has 104 valence electrons. The number of halogens is 1. The molecule has 1 aromatic rings. The molecule has 0 aliphatic heterocycles. The molecule has 19 heavy (non-hydrogen) atoms. The third-order valence-corrected chi connectivity index (χ3v) is 3.95. The SMILES string of the molecule is CCCCC(Br)(C(=O)OCC)C(=O)c1ccccc1. The number of carbonyl (C=O) groups is 2. The number of esters is 1. The van der Waals surface area contributed by atoms with E-state index in [1.807, 2.05) is 13.0 Å². The third-order valence-electron chi connectivity index (χ3n) is 2.87. The van der Waals surface area contributed by atoms with Gasteiger partial charge in [-0.05, 0) is 13.3 Å². The van der Waals surface area contributed by atoms with Crippen molar-refractivity contribution in [3.63, 3.8) is 0 Å². The molecule has 0 heterocycles. The lowest BCUT2D eigenvalue weighted by Gasteiger charge is -2.23. The molecular weight excluding hydrogens is 308 g/mol. The lowest BCUT2D eigenvalue weighted by Crippen LogP contribution is -2.42. The normalized spacial score (nSPS) is 13.6. The lowest BCUT2D eigenvalue weighted by molar-refractivity contribution is -0.144. The number of Topliss-reactive ketones (excluding diaryl/α,β-unsaturated/α-hetero) is 1. The van der Waals surface area contributed by atoms with E-state index in [0.717, 1.165) is 12.8 Å². The topological polar surface area (TPSA) is 43.4 Å².